The summed E-state index contributed by atoms with van der Waals surface area (Å²) in [5.41, 5.74) is 0.698. The number of methoxy groups -OCH3 is 1. The van der Waals surface area contributed by atoms with Gasteiger partial charge in [-0.05, 0) is 43.9 Å². The number of ether oxygens (including phenoxy) is 1. The van der Waals surface area contributed by atoms with Gasteiger partial charge in [0.05, 0.1) is 17.1 Å². The smallest absolute Gasteiger partial charge is 0.240 e. The highest BCUT2D eigenvalue weighted by molar-refractivity contribution is 7.89. The van der Waals surface area contributed by atoms with Crippen molar-refractivity contribution in [2.45, 2.75) is 49.3 Å². The molecule has 0 aromatic heterocycles. The fourth-order valence-electron chi connectivity index (χ4n) is 2.47. The van der Waals surface area contributed by atoms with Crippen molar-refractivity contribution in [3.63, 3.8) is 0 Å². The molecule has 112 valence electrons. The Kier molecular flexibility index (Phi) is 4.80. The van der Waals surface area contributed by atoms with E-state index in [1.807, 2.05) is 0 Å². The van der Waals surface area contributed by atoms with E-state index in [4.69, 9.17) is 4.74 Å². The van der Waals surface area contributed by atoms with Crippen molar-refractivity contribution in [3.8, 4) is 0 Å². The first kappa shape index (κ1) is 15.4. The normalized spacial score (nSPS) is 24.8. The summed E-state index contributed by atoms with van der Waals surface area (Å²) in [6.45, 7) is 1.64. The third kappa shape index (κ3) is 3.58. The van der Waals surface area contributed by atoms with Gasteiger partial charge in [0.2, 0.25) is 10.0 Å². The average Bonchev–Trinajstić information content (AvgIpc) is 2.85. The predicted octanol–water partition coefficient (Wildman–Crippen LogP) is 1.59. The molecule has 2 N–H and O–H groups in total. The Hall–Kier alpha value is -0.950. The number of aliphatic hydroxyl groups is 1. The highest BCUT2D eigenvalue weighted by atomic mass is 32.2. The van der Waals surface area contributed by atoms with E-state index in [9.17, 15) is 13.5 Å². The Labute approximate surface area is 120 Å². The van der Waals surface area contributed by atoms with Crippen molar-refractivity contribution >= 4 is 10.0 Å². The molecule has 2 rings (SSSR count). The molecule has 0 spiro atoms. The maximum absolute atomic E-state index is 12.2. The third-order valence-corrected chi connectivity index (χ3v) is 5.25. The zero-order chi connectivity index (χ0) is 14.8. The summed E-state index contributed by atoms with van der Waals surface area (Å²) in [4.78, 5) is 0.225. The molecule has 3 atom stereocenters. The largest absolute Gasteiger partial charge is 0.389 e. The molecule has 5 nitrogen and oxygen atoms in total. The molecule has 1 saturated carbocycles. The van der Waals surface area contributed by atoms with Gasteiger partial charge in [0, 0.05) is 13.2 Å². The van der Waals surface area contributed by atoms with E-state index in [1.165, 1.54) is 12.1 Å². The van der Waals surface area contributed by atoms with Crippen molar-refractivity contribution in [1.82, 2.24) is 4.72 Å². The van der Waals surface area contributed by atoms with Crippen LogP contribution in [-0.2, 0) is 14.8 Å². The molecule has 0 radical (unpaired) electrons. The second-order valence-corrected chi connectivity index (χ2v) is 6.95. The van der Waals surface area contributed by atoms with Gasteiger partial charge in [-0.25, -0.2) is 13.1 Å². The number of benzene rings is 1. The lowest BCUT2D eigenvalue weighted by molar-refractivity contribution is 0.107. The van der Waals surface area contributed by atoms with Gasteiger partial charge < -0.3 is 9.84 Å². The van der Waals surface area contributed by atoms with Crippen LogP contribution in [0.3, 0.4) is 0 Å². The van der Waals surface area contributed by atoms with Gasteiger partial charge in [0.15, 0.2) is 0 Å². The van der Waals surface area contributed by atoms with Crippen LogP contribution < -0.4 is 4.72 Å². The first-order chi connectivity index (χ1) is 9.42. The summed E-state index contributed by atoms with van der Waals surface area (Å²) in [5.74, 6) is 0. The van der Waals surface area contributed by atoms with Crippen LogP contribution in [0.1, 0.15) is 37.9 Å². The van der Waals surface area contributed by atoms with Crippen LogP contribution in [0.25, 0.3) is 0 Å². The second kappa shape index (κ2) is 6.22. The first-order valence-corrected chi connectivity index (χ1v) is 8.24. The van der Waals surface area contributed by atoms with Crippen molar-refractivity contribution in [2.24, 2.45) is 0 Å². The monoisotopic (exact) mass is 299 g/mol. The summed E-state index contributed by atoms with van der Waals surface area (Å²) in [6.07, 6.45) is 1.92. The van der Waals surface area contributed by atoms with Gasteiger partial charge in [-0.2, -0.15) is 0 Å². The van der Waals surface area contributed by atoms with Gasteiger partial charge in [-0.15, -0.1) is 0 Å². The first-order valence-electron chi connectivity index (χ1n) is 6.75. The molecule has 0 bridgehead atoms. The van der Waals surface area contributed by atoms with Gasteiger partial charge in [0.1, 0.15) is 0 Å². The van der Waals surface area contributed by atoms with E-state index in [-0.39, 0.29) is 17.0 Å². The van der Waals surface area contributed by atoms with Crippen molar-refractivity contribution in [1.29, 1.82) is 0 Å². The molecule has 3 unspecified atom stereocenters. The van der Waals surface area contributed by atoms with Crippen LogP contribution in [0.2, 0.25) is 0 Å². The quantitative estimate of drug-likeness (QED) is 0.865. The summed E-state index contributed by atoms with van der Waals surface area (Å²) in [5, 5.41) is 9.42. The van der Waals surface area contributed by atoms with Crippen molar-refractivity contribution < 1.29 is 18.3 Å². The molecule has 0 heterocycles. The standard InChI is InChI=1S/C14H21NO4S/c1-10(16)11-3-7-14(8-4-11)20(17,18)15-12-5-6-13(9-12)19-2/h3-4,7-8,10,12-13,15-16H,5-6,9H2,1-2H3. The number of rotatable bonds is 5. The molecule has 6 heteroatoms. The molecule has 1 aliphatic rings. The second-order valence-electron chi connectivity index (χ2n) is 5.23. The molecule has 1 aromatic rings. The molecule has 0 saturated heterocycles. The van der Waals surface area contributed by atoms with Gasteiger partial charge in [-0.3, -0.25) is 0 Å². The number of hydrogen-bond acceptors (Lipinski definition) is 4. The lowest BCUT2D eigenvalue weighted by atomic mass is 10.1. The van der Waals surface area contributed by atoms with E-state index >= 15 is 0 Å². The van der Waals surface area contributed by atoms with Crippen molar-refractivity contribution in [2.75, 3.05) is 7.11 Å². The Morgan fingerprint density at radius 2 is 1.95 bits per heavy atom. The Bertz CT molecular complexity index is 539. The van der Waals surface area contributed by atoms with Crippen LogP contribution in [0.4, 0.5) is 0 Å². The zero-order valence-electron chi connectivity index (χ0n) is 11.7. The van der Waals surface area contributed by atoms with E-state index < -0.39 is 16.1 Å². The molecular weight excluding hydrogens is 278 g/mol. The van der Waals surface area contributed by atoms with Gasteiger partial charge in [-0.1, -0.05) is 12.1 Å². The van der Waals surface area contributed by atoms with Crippen LogP contribution in [0.5, 0.6) is 0 Å². The van der Waals surface area contributed by atoms with Crippen LogP contribution in [0.15, 0.2) is 29.2 Å². The predicted molar refractivity (Wildman–Crippen MR) is 75.8 cm³/mol. The highest BCUT2D eigenvalue weighted by Gasteiger charge is 2.28. The maximum atomic E-state index is 12.2. The Morgan fingerprint density at radius 3 is 2.45 bits per heavy atom. The summed E-state index contributed by atoms with van der Waals surface area (Å²) >= 11 is 0. The van der Waals surface area contributed by atoms with Gasteiger partial charge >= 0.3 is 0 Å². The minimum atomic E-state index is -3.50. The maximum Gasteiger partial charge on any atom is 0.240 e. The molecule has 20 heavy (non-hydrogen) atoms. The summed E-state index contributed by atoms with van der Waals surface area (Å²) in [6, 6.07) is 6.24. The van der Waals surface area contributed by atoms with E-state index in [0.717, 1.165) is 12.8 Å². The van der Waals surface area contributed by atoms with E-state index in [1.54, 1.807) is 26.2 Å². The molecule has 1 fully saturated rings. The summed E-state index contributed by atoms with van der Waals surface area (Å²) < 4.78 is 32.5. The molecular formula is C14H21NO4S. The molecule has 0 aliphatic heterocycles. The third-order valence-electron chi connectivity index (χ3n) is 3.71. The van der Waals surface area contributed by atoms with Crippen molar-refractivity contribution in [3.05, 3.63) is 29.8 Å². The fraction of sp³-hybridized carbons (Fsp3) is 0.571. The lowest BCUT2D eigenvalue weighted by Crippen LogP contribution is -2.33. The number of hydrogen-bond donors (Lipinski definition) is 2. The zero-order valence-corrected chi connectivity index (χ0v) is 12.6. The Morgan fingerprint density at radius 1 is 1.30 bits per heavy atom. The Balaban J connectivity index is 2.07. The molecule has 1 aliphatic carbocycles. The summed E-state index contributed by atoms with van der Waals surface area (Å²) in [7, 11) is -1.86. The topological polar surface area (TPSA) is 75.6 Å². The highest BCUT2D eigenvalue weighted by Crippen LogP contribution is 2.23. The van der Waals surface area contributed by atoms with Crippen LogP contribution in [0, 0.1) is 0 Å². The van der Waals surface area contributed by atoms with Crippen LogP contribution >= 0.6 is 0 Å². The average molecular weight is 299 g/mol. The fourth-order valence-corrected chi connectivity index (χ4v) is 3.76. The lowest BCUT2D eigenvalue weighted by Gasteiger charge is -2.14. The number of nitrogens with one attached hydrogen (secondary N) is 1. The van der Waals surface area contributed by atoms with E-state index in [2.05, 4.69) is 4.72 Å². The van der Waals surface area contributed by atoms with Gasteiger partial charge in [0.25, 0.3) is 0 Å². The SMILES string of the molecule is COC1CCC(NS(=O)(=O)c2ccc(C(C)O)cc2)C1. The molecule has 1 aromatic carbocycles. The molecule has 0 amide bonds. The van der Waals surface area contributed by atoms with E-state index in [0.29, 0.717) is 12.0 Å². The minimum absolute atomic E-state index is 0.0682. The van der Waals surface area contributed by atoms with Crippen LogP contribution in [-0.4, -0.2) is 32.8 Å². The number of aliphatic hydroxyl groups excluding tert-OH is 1. The minimum Gasteiger partial charge on any atom is -0.389 e. The number of sulfonamides is 1.